The summed E-state index contributed by atoms with van der Waals surface area (Å²) in [7, 11) is 0. The minimum Gasteiger partial charge on any atom is -0.362 e. The first kappa shape index (κ1) is 8.23. The highest BCUT2D eigenvalue weighted by Gasteiger charge is 2.49. The van der Waals surface area contributed by atoms with E-state index in [1.165, 1.54) is 0 Å². The van der Waals surface area contributed by atoms with Gasteiger partial charge >= 0.3 is 0 Å². The van der Waals surface area contributed by atoms with E-state index in [-0.39, 0.29) is 18.3 Å². The van der Waals surface area contributed by atoms with Crippen molar-refractivity contribution in [3.05, 3.63) is 12.7 Å². The van der Waals surface area contributed by atoms with Gasteiger partial charge in [0.1, 0.15) is 18.3 Å². The minimum absolute atomic E-state index is 0.0861. The van der Waals surface area contributed by atoms with E-state index in [1.54, 1.807) is 6.08 Å². The Labute approximate surface area is 72.3 Å². The second-order valence-corrected chi connectivity index (χ2v) is 3.67. The summed E-state index contributed by atoms with van der Waals surface area (Å²) in [6.07, 6.45) is 2.24. The quantitative estimate of drug-likeness (QED) is 0.459. The molecule has 3 atom stereocenters. The highest BCUT2D eigenvalue weighted by atomic mass is 16.8. The maximum absolute atomic E-state index is 5.61. The summed E-state index contributed by atoms with van der Waals surface area (Å²) in [5, 5.41) is 0. The first-order valence-electron chi connectivity index (χ1n) is 4.22. The Hall–Kier alpha value is -0.380. The zero-order chi connectivity index (χ0) is 8.77. The van der Waals surface area contributed by atoms with E-state index >= 15 is 0 Å². The summed E-state index contributed by atoms with van der Waals surface area (Å²) in [6.45, 7) is 8.12. The molecule has 0 N–H and O–H groups in total. The molecule has 0 saturated carbocycles. The average Bonchev–Trinajstić information content (AvgIpc) is 2.70. The van der Waals surface area contributed by atoms with E-state index in [9.17, 15) is 0 Å². The fourth-order valence-electron chi connectivity index (χ4n) is 1.50. The Balaban J connectivity index is 1.89. The molecule has 2 aliphatic heterocycles. The topological polar surface area (TPSA) is 31.0 Å². The third-order valence-corrected chi connectivity index (χ3v) is 2.19. The Bertz CT molecular complexity index is 200. The lowest BCUT2D eigenvalue weighted by Crippen LogP contribution is -2.24. The van der Waals surface area contributed by atoms with Gasteiger partial charge in [-0.15, -0.1) is 6.58 Å². The Morgan fingerprint density at radius 1 is 1.50 bits per heavy atom. The Morgan fingerprint density at radius 3 is 2.67 bits per heavy atom. The summed E-state index contributed by atoms with van der Waals surface area (Å²) >= 11 is 0. The molecule has 0 amide bonds. The highest BCUT2D eigenvalue weighted by Crippen LogP contribution is 2.34. The molecule has 0 bridgehead atoms. The van der Waals surface area contributed by atoms with Crippen molar-refractivity contribution in [3.63, 3.8) is 0 Å². The molecule has 0 spiro atoms. The van der Waals surface area contributed by atoms with E-state index in [1.807, 2.05) is 13.8 Å². The minimum atomic E-state index is -0.442. The van der Waals surface area contributed by atoms with E-state index in [0.717, 1.165) is 0 Å². The molecular weight excluding hydrogens is 156 g/mol. The van der Waals surface area contributed by atoms with Crippen LogP contribution >= 0.6 is 0 Å². The van der Waals surface area contributed by atoms with E-state index in [2.05, 4.69) is 6.58 Å². The monoisotopic (exact) mass is 170 g/mol. The van der Waals surface area contributed by atoms with Crippen LogP contribution in [-0.4, -0.2) is 30.7 Å². The first-order chi connectivity index (χ1) is 5.62. The van der Waals surface area contributed by atoms with E-state index in [0.29, 0.717) is 6.61 Å². The van der Waals surface area contributed by atoms with E-state index < -0.39 is 5.79 Å². The molecule has 2 aliphatic rings. The summed E-state index contributed by atoms with van der Waals surface area (Å²) in [5.41, 5.74) is 0. The van der Waals surface area contributed by atoms with Crippen LogP contribution in [0.2, 0.25) is 0 Å². The molecular formula is C9H14O3. The molecule has 0 aromatic carbocycles. The standard InChI is InChI=1S/C9H14O3/c1-4-6-8(11-6)7-5-10-9(2,3)12-7/h4,6-8H,1,5H2,2-3H3/t6-,7-,8+/m1/s1. The van der Waals surface area contributed by atoms with Crippen molar-refractivity contribution in [2.24, 2.45) is 0 Å². The molecule has 3 nitrogen and oxygen atoms in total. The SMILES string of the molecule is C=C[C@H]1O[C@@H]1[C@H]1COC(C)(C)O1. The maximum atomic E-state index is 5.61. The third kappa shape index (κ3) is 1.40. The van der Waals surface area contributed by atoms with E-state index in [4.69, 9.17) is 14.2 Å². The van der Waals surface area contributed by atoms with Gasteiger partial charge in [0.25, 0.3) is 0 Å². The van der Waals surface area contributed by atoms with Crippen LogP contribution in [0.15, 0.2) is 12.7 Å². The first-order valence-corrected chi connectivity index (χ1v) is 4.22. The number of ether oxygens (including phenoxy) is 3. The Morgan fingerprint density at radius 2 is 2.25 bits per heavy atom. The number of hydrogen-bond donors (Lipinski definition) is 0. The summed E-state index contributed by atoms with van der Waals surface area (Å²) in [4.78, 5) is 0. The van der Waals surface area contributed by atoms with Crippen molar-refractivity contribution in [1.29, 1.82) is 0 Å². The van der Waals surface area contributed by atoms with Crippen LogP contribution in [0.1, 0.15) is 13.8 Å². The summed E-state index contributed by atoms with van der Waals surface area (Å²) in [6, 6.07) is 0. The van der Waals surface area contributed by atoms with Gasteiger partial charge in [-0.3, -0.25) is 0 Å². The number of hydrogen-bond acceptors (Lipinski definition) is 3. The second-order valence-electron chi connectivity index (χ2n) is 3.67. The van der Waals surface area contributed by atoms with Gasteiger partial charge in [-0.25, -0.2) is 0 Å². The van der Waals surface area contributed by atoms with Crippen LogP contribution in [0.3, 0.4) is 0 Å². The van der Waals surface area contributed by atoms with Crippen LogP contribution in [0.4, 0.5) is 0 Å². The van der Waals surface area contributed by atoms with Crippen LogP contribution in [-0.2, 0) is 14.2 Å². The fourth-order valence-corrected chi connectivity index (χ4v) is 1.50. The maximum Gasteiger partial charge on any atom is 0.163 e. The van der Waals surface area contributed by atoms with Gasteiger partial charge in [0, 0.05) is 0 Å². The lowest BCUT2D eigenvalue weighted by molar-refractivity contribution is -0.140. The van der Waals surface area contributed by atoms with Crippen molar-refractivity contribution in [2.75, 3.05) is 6.61 Å². The number of epoxide rings is 1. The van der Waals surface area contributed by atoms with Crippen LogP contribution in [0.5, 0.6) is 0 Å². The molecule has 12 heavy (non-hydrogen) atoms. The third-order valence-electron chi connectivity index (χ3n) is 2.19. The van der Waals surface area contributed by atoms with Crippen molar-refractivity contribution >= 4 is 0 Å². The van der Waals surface area contributed by atoms with Gasteiger partial charge in [-0.1, -0.05) is 6.08 Å². The van der Waals surface area contributed by atoms with Crippen LogP contribution < -0.4 is 0 Å². The van der Waals surface area contributed by atoms with Gasteiger partial charge < -0.3 is 14.2 Å². The van der Waals surface area contributed by atoms with Crippen LogP contribution in [0.25, 0.3) is 0 Å². The Kier molecular flexibility index (Phi) is 1.75. The molecule has 2 rings (SSSR count). The zero-order valence-corrected chi connectivity index (χ0v) is 7.45. The molecule has 2 heterocycles. The summed E-state index contributed by atoms with van der Waals surface area (Å²) in [5.74, 6) is -0.442. The molecule has 0 aromatic heterocycles. The van der Waals surface area contributed by atoms with Gasteiger partial charge in [0.05, 0.1) is 6.61 Å². The number of rotatable bonds is 2. The van der Waals surface area contributed by atoms with Crippen molar-refractivity contribution in [2.45, 2.75) is 37.9 Å². The smallest absolute Gasteiger partial charge is 0.163 e. The molecule has 68 valence electrons. The van der Waals surface area contributed by atoms with Crippen LogP contribution in [0, 0.1) is 0 Å². The normalized spacial score (nSPS) is 44.3. The zero-order valence-electron chi connectivity index (χ0n) is 7.45. The molecule has 3 heteroatoms. The molecule has 0 aliphatic carbocycles. The van der Waals surface area contributed by atoms with Crippen molar-refractivity contribution in [3.8, 4) is 0 Å². The van der Waals surface area contributed by atoms with Crippen molar-refractivity contribution in [1.82, 2.24) is 0 Å². The fraction of sp³-hybridized carbons (Fsp3) is 0.778. The molecule has 0 radical (unpaired) electrons. The van der Waals surface area contributed by atoms with Gasteiger partial charge in [-0.2, -0.15) is 0 Å². The van der Waals surface area contributed by atoms with Gasteiger partial charge in [-0.05, 0) is 13.8 Å². The molecule has 0 aromatic rings. The van der Waals surface area contributed by atoms with Gasteiger partial charge in [0.15, 0.2) is 5.79 Å². The molecule has 2 fully saturated rings. The predicted octanol–water partition coefficient (Wildman–Crippen LogP) is 1.09. The summed E-state index contributed by atoms with van der Waals surface area (Å²) < 4.78 is 16.3. The highest BCUT2D eigenvalue weighted by molar-refractivity contribution is 5.03. The lowest BCUT2D eigenvalue weighted by atomic mass is 10.2. The second kappa shape index (κ2) is 2.55. The molecule has 2 saturated heterocycles. The van der Waals surface area contributed by atoms with Gasteiger partial charge in [0.2, 0.25) is 0 Å². The predicted molar refractivity (Wildman–Crippen MR) is 43.8 cm³/mol. The average molecular weight is 170 g/mol. The largest absolute Gasteiger partial charge is 0.362 e. The van der Waals surface area contributed by atoms with Crippen molar-refractivity contribution < 1.29 is 14.2 Å². The molecule has 0 unspecified atom stereocenters. The lowest BCUT2D eigenvalue weighted by Gasteiger charge is -2.16.